The molecule has 0 aromatic carbocycles. The Morgan fingerprint density at radius 2 is 0.483 bits per heavy atom. The van der Waals surface area contributed by atoms with Gasteiger partial charge in [0.1, 0.15) is 0 Å². The standard InChI is InChI=1S/C29H56/c1-3-5-7-9-11-13-15-17-19-21-23-25-27-29-28-26-24-22-20-18-16-14-12-10-8-6-4-2/h17,19-20,22H,3-16,18,21,23-29H2,1-2H3. The van der Waals surface area contributed by atoms with Gasteiger partial charge in [-0.3, -0.25) is 0 Å². The molecule has 0 spiro atoms. The lowest BCUT2D eigenvalue weighted by Gasteiger charge is -2.00. The van der Waals surface area contributed by atoms with Crippen LogP contribution < -0.4 is 0 Å². The largest absolute Gasteiger partial charge is 0.0885 e. The van der Waals surface area contributed by atoms with Crippen molar-refractivity contribution >= 4 is 0 Å². The lowest BCUT2D eigenvalue weighted by atomic mass is 10.1. The predicted molar refractivity (Wildman–Crippen MR) is 136 cm³/mol. The van der Waals surface area contributed by atoms with E-state index in [0.29, 0.717) is 0 Å². The second-order valence-electron chi connectivity index (χ2n) is 9.11. The van der Waals surface area contributed by atoms with E-state index in [1.807, 2.05) is 0 Å². The van der Waals surface area contributed by atoms with Gasteiger partial charge in [-0.25, -0.2) is 0 Å². The summed E-state index contributed by atoms with van der Waals surface area (Å²) in [7, 11) is 0. The normalized spacial score (nSPS) is 11.9. The van der Waals surface area contributed by atoms with E-state index in [4.69, 9.17) is 0 Å². The Morgan fingerprint density at radius 3 is 0.724 bits per heavy atom. The maximum absolute atomic E-state index is 2.44. The average Bonchev–Trinajstić information content (AvgIpc) is 2.74. The summed E-state index contributed by atoms with van der Waals surface area (Å²) < 4.78 is 0. The van der Waals surface area contributed by atoms with Gasteiger partial charge >= 0.3 is 0 Å². The summed E-state index contributed by atoms with van der Waals surface area (Å²) in [5.41, 5.74) is 0. The molecule has 0 aromatic heterocycles. The summed E-state index contributed by atoms with van der Waals surface area (Å²) in [4.78, 5) is 0. The van der Waals surface area contributed by atoms with E-state index in [9.17, 15) is 0 Å². The van der Waals surface area contributed by atoms with Gasteiger partial charge in [0, 0.05) is 0 Å². The first-order valence-electron chi connectivity index (χ1n) is 13.7. The van der Waals surface area contributed by atoms with E-state index in [1.165, 1.54) is 148 Å². The highest BCUT2D eigenvalue weighted by atomic mass is 14.0. The quantitative estimate of drug-likeness (QED) is 0.111. The van der Waals surface area contributed by atoms with Crippen LogP contribution in [0.25, 0.3) is 0 Å². The van der Waals surface area contributed by atoms with Crippen molar-refractivity contribution in [2.45, 2.75) is 162 Å². The lowest BCUT2D eigenvalue weighted by molar-refractivity contribution is 0.590. The zero-order valence-corrected chi connectivity index (χ0v) is 20.6. The molecule has 0 heterocycles. The fraction of sp³-hybridized carbons (Fsp3) is 0.862. The van der Waals surface area contributed by atoms with Crippen molar-refractivity contribution in [2.24, 2.45) is 0 Å². The average molecular weight is 405 g/mol. The van der Waals surface area contributed by atoms with Gasteiger partial charge in [-0.15, -0.1) is 0 Å². The minimum Gasteiger partial charge on any atom is -0.0885 e. The Kier molecular flexibility index (Phi) is 27.0. The Balaban J connectivity index is 3.11. The Bertz CT molecular complexity index is 325. The van der Waals surface area contributed by atoms with Crippen molar-refractivity contribution in [3.8, 4) is 0 Å². The molecule has 0 rings (SSSR count). The SMILES string of the molecule is CCCCCCCCC=CCCCCCCCCC=CCCCCCCCCC. The Hall–Kier alpha value is -0.520. The summed E-state index contributed by atoms with van der Waals surface area (Å²) in [6, 6.07) is 0. The van der Waals surface area contributed by atoms with Gasteiger partial charge < -0.3 is 0 Å². The number of unbranched alkanes of at least 4 members (excludes halogenated alkanes) is 20. The van der Waals surface area contributed by atoms with Crippen molar-refractivity contribution in [1.29, 1.82) is 0 Å². The molecule has 0 bridgehead atoms. The fourth-order valence-electron chi connectivity index (χ4n) is 3.96. The van der Waals surface area contributed by atoms with Crippen molar-refractivity contribution < 1.29 is 0 Å². The minimum atomic E-state index is 1.30. The van der Waals surface area contributed by atoms with Crippen LogP contribution in [0, 0.1) is 0 Å². The van der Waals surface area contributed by atoms with Crippen LogP contribution in [0.2, 0.25) is 0 Å². The van der Waals surface area contributed by atoms with Gasteiger partial charge in [0.25, 0.3) is 0 Å². The summed E-state index contributed by atoms with van der Waals surface area (Å²) in [6.07, 6.45) is 41.9. The van der Waals surface area contributed by atoms with Gasteiger partial charge in [-0.05, 0) is 51.4 Å². The summed E-state index contributed by atoms with van der Waals surface area (Å²) in [6.45, 7) is 4.58. The molecule has 0 aliphatic carbocycles. The number of hydrogen-bond acceptors (Lipinski definition) is 0. The van der Waals surface area contributed by atoms with Crippen LogP contribution in [0.3, 0.4) is 0 Å². The molecule has 0 aromatic rings. The highest BCUT2D eigenvalue weighted by Crippen LogP contribution is 2.12. The first-order chi connectivity index (χ1) is 14.4. The molecule has 0 amide bonds. The van der Waals surface area contributed by atoms with Crippen LogP contribution in [0.5, 0.6) is 0 Å². The molecule has 0 unspecified atom stereocenters. The van der Waals surface area contributed by atoms with Gasteiger partial charge in [-0.2, -0.15) is 0 Å². The second-order valence-corrected chi connectivity index (χ2v) is 9.11. The number of hydrogen-bond donors (Lipinski definition) is 0. The zero-order valence-electron chi connectivity index (χ0n) is 20.6. The van der Waals surface area contributed by atoms with Crippen molar-refractivity contribution in [3.63, 3.8) is 0 Å². The van der Waals surface area contributed by atoms with Gasteiger partial charge in [-0.1, -0.05) is 134 Å². The monoisotopic (exact) mass is 404 g/mol. The number of allylic oxidation sites excluding steroid dienone is 4. The van der Waals surface area contributed by atoms with Crippen LogP contribution in [0.1, 0.15) is 162 Å². The third-order valence-corrected chi connectivity index (χ3v) is 6.02. The summed E-state index contributed by atoms with van der Waals surface area (Å²) in [5.74, 6) is 0. The van der Waals surface area contributed by atoms with E-state index in [0.717, 1.165) is 0 Å². The molecular formula is C29H56. The van der Waals surface area contributed by atoms with E-state index >= 15 is 0 Å². The molecule has 0 saturated heterocycles. The van der Waals surface area contributed by atoms with Gasteiger partial charge in [0.05, 0.1) is 0 Å². The first kappa shape index (κ1) is 28.5. The smallest absolute Gasteiger partial charge is 0.0351 e. The fourth-order valence-corrected chi connectivity index (χ4v) is 3.96. The maximum atomic E-state index is 2.44. The van der Waals surface area contributed by atoms with Crippen LogP contribution in [-0.2, 0) is 0 Å². The summed E-state index contributed by atoms with van der Waals surface area (Å²) in [5, 5.41) is 0. The predicted octanol–water partition coefficient (Wildman–Crippen LogP) is 11.1. The van der Waals surface area contributed by atoms with E-state index < -0.39 is 0 Å². The van der Waals surface area contributed by atoms with Crippen LogP contribution >= 0.6 is 0 Å². The molecule has 0 heteroatoms. The highest BCUT2D eigenvalue weighted by molar-refractivity contribution is 4.82. The molecule has 0 atom stereocenters. The zero-order chi connectivity index (χ0) is 21.1. The highest BCUT2D eigenvalue weighted by Gasteiger charge is 1.92. The van der Waals surface area contributed by atoms with Crippen molar-refractivity contribution in [3.05, 3.63) is 24.3 Å². The van der Waals surface area contributed by atoms with Crippen molar-refractivity contribution in [2.75, 3.05) is 0 Å². The Labute approximate surface area is 186 Å². The second kappa shape index (κ2) is 27.5. The van der Waals surface area contributed by atoms with Crippen LogP contribution in [0.15, 0.2) is 24.3 Å². The topological polar surface area (TPSA) is 0 Å². The van der Waals surface area contributed by atoms with Crippen molar-refractivity contribution in [1.82, 2.24) is 0 Å². The molecule has 0 nitrogen and oxygen atoms in total. The van der Waals surface area contributed by atoms with Crippen LogP contribution in [0.4, 0.5) is 0 Å². The molecule has 0 saturated carbocycles. The van der Waals surface area contributed by atoms with Crippen LogP contribution in [-0.4, -0.2) is 0 Å². The molecule has 0 aliphatic heterocycles. The molecule has 0 fully saturated rings. The molecular weight excluding hydrogens is 348 g/mol. The van der Waals surface area contributed by atoms with Gasteiger partial charge in [0.2, 0.25) is 0 Å². The molecule has 0 aliphatic rings. The summed E-state index contributed by atoms with van der Waals surface area (Å²) >= 11 is 0. The molecule has 29 heavy (non-hydrogen) atoms. The first-order valence-corrected chi connectivity index (χ1v) is 13.7. The maximum Gasteiger partial charge on any atom is -0.0351 e. The lowest BCUT2D eigenvalue weighted by Crippen LogP contribution is -1.80. The van der Waals surface area contributed by atoms with E-state index in [1.54, 1.807) is 0 Å². The molecule has 172 valence electrons. The van der Waals surface area contributed by atoms with E-state index in [-0.39, 0.29) is 0 Å². The van der Waals surface area contributed by atoms with E-state index in [2.05, 4.69) is 38.2 Å². The van der Waals surface area contributed by atoms with Gasteiger partial charge in [0.15, 0.2) is 0 Å². The molecule has 0 radical (unpaired) electrons. The third-order valence-electron chi connectivity index (χ3n) is 6.02. The molecule has 0 N–H and O–H groups in total. The third kappa shape index (κ3) is 27.5. The Morgan fingerprint density at radius 1 is 0.276 bits per heavy atom. The number of rotatable bonds is 24. The minimum absolute atomic E-state index is 1.30.